The molecule has 0 heterocycles. The van der Waals surface area contributed by atoms with E-state index in [4.69, 9.17) is 0 Å². The van der Waals surface area contributed by atoms with E-state index in [1.165, 1.54) is 25.3 Å². The van der Waals surface area contributed by atoms with E-state index in [9.17, 15) is 14.4 Å². The van der Waals surface area contributed by atoms with Crippen LogP contribution in [0.3, 0.4) is 0 Å². The molecule has 0 aliphatic rings. The first kappa shape index (κ1) is 21.3. The van der Waals surface area contributed by atoms with Crippen molar-refractivity contribution < 1.29 is 19.1 Å². The lowest BCUT2D eigenvalue weighted by Gasteiger charge is -1.98. The monoisotopic (exact) mass is 322 g/mol. The number of carbonyl (C=O) groups excluding carboxylic acids is 3. The Morgan fingerprint density at radius 2 is 1.52 bits per heavy atom. The third-order valence-corrected chi connectivity index (χ3v) is 3.47. The maximum atomic E-state index is 11.6. The smallest absolute Gasteiger partial charge is 0.305 e. The molecule has 0 spiro atoms. The van der Waals surface area contributed by atoms with Crippen LogP contribution in [0.15, 0.2) is 24.3 Å². The van der Waals surface area contributed by atoms with Gasteiger partial charge in [0.15, 0.2) is 11.6 Å². The van der Waals surface area contributed by atoms with Crippen molar-refractivity contribution in [2.75, 3.05) is 7.11 Å². The van der Waals surface area contributed by atoms with Gasteiger partial charge in [-0.2, -0.15) is 0 Å². The van der Waals surface area contributed by atoms with Crippen LogP contribution in [0.4, 0.5) is 0 Å². The van der Waals surface area contributed by atoms with E-state index in [-0.39, 0.29) is 17.5 Å². The van der Waals surface area contributed by atoms with Gasteiger partial charge in [-0.25, -0.2) is 0 Å². The quantitative estimate of drug-likeness (QED) is 0.271. The fraction of sp³-hybridized carbons (Fsp3) is 0.632. The molecule has 4 nitrogen and oxygen atoms in total. The number of hydrogen-bond acceptors (Lipinski definition) is 4. The number of ether oxygens (including phenoxy) is 1. The fourth-order valence-electron chi connectivity index (χ4n) is 2.05. The van der Waals surface area contributed by atoms with Crippen LogP contribution in [0.5, 0.6) is 0 Å². The third-order valence-electron chi connectivity index (χ3n) is 3.47. The maximum absolute atomic E-state index is 11.6. The van der Waals surface area contributed by atoms with E-state index in [0.29, 0.717) is 12.8 Å². The molecule has 0 atom stereocenters. The zero-order valence-corrected chi connectivity index (χ0v) is 14.5. The second kappa shape index (κ2) is 15.2. The number of hydrogen-bond donors (Lipinski definition) is 0. The molecule has 0 aromatic carbocycles. The summed E-state index contributed by atoms with van der Waals surface area (Å²) in [6.07, 6.45) is 14.7. The molecule has 0 bridgehead atoms. The first-order valence-electron chi connectivity index (χ1n) is 8.58. The van der Waals surface area contributed by atoms with Crippen molar-refractivity contribution in [1.82, 2.24) is 0 Å². The molecule has 0 N–H and O–H groups in total. The summed E-state index contributed by atoms with van der Waals surface area (Å²) >= 11 is 0. The molecule has 0 aromatic heterocycles. The zero-order chi connectivity index (χ0) is 17.3. The minimum Gasteiger partial charge on any atom is -0.469 e. The van der Waals surface area contributed by atoms with E-state index >= 15 is 0 Å². The van der Waals surface area contributed by atoms with Crippen molar-refractivity contribution >= 4 is 17.5 Å². The molecule has 0 aromatic rings. The Kier molecular flexibility index (Phi) is 14.1. The standard InChI is InChI=1S/C19H30O4/c1-3-4-5-9-12-17(20)15-16-18(21)13-10-7-6-8-11-14-19(22)23-2/h10,13,15-16H,3-9,11-12,14H2,1-2H3. The maximum Gasteiger partial charge on any atom is 0.305 e. The Hall–Kier alpha value is -1.71. The second-order valence-electron chi connectivity index (χ2n) is 5.59. The van der Waals surface area contributed by atoms with Gasteiger partial charge in [0.25, 0.3) is 0 Å². The van der Waals surface area contributed by atoms with Gasteiger partial charge in [-0.05, 0) is 43.9 Å². The van der Waals surface area contributed by atoms with Gasteiger partial charge < -0.3 is 4.74 Å². The summed E-state index contributed by atoms with van der Waals surface area (Å²) in [5, 5.41) is 0. The van der Waals surface area contributed by atoms with Gasteiger partial charge in [0.05, 0.1) is 7.11 Å². The highest BCUT2D eigenvalue weighted by atomic mass is 16.5. The SMILES string of the molecule is CCCCCCC(=O)C=CC(=O)C=CCCCCCC(=O)OC. The summed E-state index contributed by atoms with van der Waals surface area (Å²) in [5.41, 5.74) is 0. The highest BCUT2D eigenvalue weighted by molar-refractivity contribution is 6.03. The number of esters is 1. The van der Waals surface area contributed by atoms with Crippen LogP contribution in [-0.2, 0) is 19.1 Å². The van der Waals surface area contributed by atoms with Crippen LogP contribution in [0.2, 0.25) is 0 Å². The summed E-state index contributed by atoms with van der Waals surface area (Å²) in [5.74, 6) is -0.313. The van der Waals surface area contributed by atoms with Gasteiger partial charge in [-0.3, -0.25) is 14.4 Å². The van der Waals surface area contributed by atoms with Gasteiger partial charge in [0, 0.05) is 12.8 Å². The molecule has 0 saturated carbocycles. The number of carbonyl (C=O) groups is 3. The van der Waals surface area contributed by atoms with E-state index in [1.54, 1.807) is 0 Å². The molecule has 0 aliphatic heterocycles. The minimum atomic E-state index is -0.180. The average Bonchev–Trinajstić information content (AvgIpc) is 2.55. The van der Waals surface area contributed by atoms with E-state index < -0.39 is 0 Å². The Bertz CT molecular complexity index is 408. The summed E-state index contributed by atoms with van der Waals surface area (Å²) in [6.45, 7) is 2.13. The summed E-state index contributed by atoms with van der Waals surface area (Å²) < 4.78 is 4.56. The van der Waals surface area contributed by atoms with Crippen LogP contribution in [-0.4, -0.2) is 24.6 Å². The Morgan fingerprint density at radius 3 is 2.22 bits per heavy atom. The van der Waals surface area contributed by atoms with Gasteiger partial charge in [-0.15, -0.1) is 0 Å². The average molecular weight is 322 g/mol. The molecule has 0 saturated heterocycles. The summed E-state index contributed by atoms with van der Waals surface area (Å²) in [6, 6.07) is 0. The molecule has 23 heavy (non-hydrogen) atoms. The molecule has 0 fully saturated rings. The number of unbranched alkanes of at least 4 members (excludes halogenated alkanes) is 6. The second-order valence-corrected chi connectivity index (χ2v) is 5.59. The predicted octanol–water partition coefficient (Wildman–Crippen LogP) is 4.33. The molecular weight excluding hydrogens is 292 g/mol. The van der Waals surface area contributed by atoms with Crippen molar-refractivity contribution in [3.8, 4) is 0 Å². The fourth-order valence-corrected chi connectivity index (χ4v) is 2.05. The summed E-state index contributed by atoms with van der Waals surface area (Å²) in [7, 11) is 1.39. The Balaban J connectivity index is 3.69. The van der Waals surface area contributed by atoms with Crippen LogP contribution >= 0.6 is 0 Å². The molecule has 0 unspecified atom stereocenters. The predicted molar refractivity (Wildman–Crippen MR) is 92.2 cm³/mol. The number of ketones is 2. The summed E-state index contributed by atoms with van der Waals surface area (Å²) in [4.78, 5) is 34.0. The van der Waals surface area contributed by atoms with Gasteiger partial charge >= 0.3 is 5.97 Å². The van der Waals surface area contributed by atoms with Crippen molar-refractivity contribution in [2.45, 2.75) is 71.1 Å². The highest BCUT2D eigenvalue weighted by Crippen LogP contribution is 2.05. The van der Waals surface area contributed by atoms with Gasteiger partial charge in [0.2, 0.25) is 0 Å². The van der Waals surface area contributed by atoms with Crippen molar-refractivity contribution in [3.63, 3.8) is 0 Å². The van der Waals surface area contributed by atoms with E-state index in [2.05, 4.69) is 11.7 Å². The van der Waals surface area contributed by atoms with Gasteiger partial charge in [0.1, 0.15) is 0 Å². The van der Waals surface area contributed by atoms with Crippen molar-refractivity contribution in [1.29, 1.82) is 0 Å². The number of methoxy groups -OCH3 is 1. The molecule has 0 radical (unpaired) electrons. The van der Waals surface area contributed by atoms with Crippen LogP contribution in [0.25, 0.3) is 0 Å². The molecule has 0 rings (SSSR count). The Labute approximate surface area is 140 Å². The van der Waals surface area contributed by atoms with Gasteiger partial charge in [-0.1, -0.05) is 38.7 Å². The van der Waals surface area contributed by atoms with E-state index in [1.807, 2.05) is 6.08 Å². The van der Waals surface area contributed by atoms with Crippen LogP contribution < -0.4 is 0 Å². The van der Waals surface area contributed by atoms with Crippen LogP contribution in [0.1, 0.15) is 71.1 Å². The zero-order valence-electron chi connectivity index (χ0n) is 14.5. The molecular formula is C19H30O4. The third kappa shape index (κ3) is 15.0. The molecule has 0 amide bonds. The van der Waals surface area contributed by atoms with Crippen molar-refractivity contribution in [3.05, 3.63) is 24.3 Å². The number of allylic oxidation sites excluding steroid dienone is 4. The molecule has 4 heteroatoms. The van der Waals surface area contributed by atoms with Crippen LogP contribution in [0, 0.1) is 0 Å². The van der Waals surface area contributed by atoms with E-state index in [0.717, 1.165) is 51.4 Å². The lowest BCUT2D eigenvalue weighted by atomic mass is 10.1. The molecule has 130 valence electrons. The lowest BCUT2D eigenvalue weighted by Crippen LogP contribution is -1.98. The van der Waals surface area contributed by atoms with Crippen molar-refractivity contribution in [2.24, 2.45) is 0 Å². The first-order chi connectivity index (χ1) is 11.1. The largest absolute Gasteiger partial charge is 0.469 e. The number of rotatable bonds is 14. The Morgan fingerprint density at radius 1 is 0.826 bits per heavy atom. The minimum absolute atomic E-state index is 0.0191. The topological polar surface area (TPSA) is 60.4 Å². The first-order valence-corrected chi connectivity index (χ1v) is 8.58. The normalized spacial score (nSPS) is 11.2. The highest BCUT2D eigenvalue weighted by Gasteiger charge is 1.99. The molecule has 0 aliphatic carbocycles. The lowest BCUT2D eigenvalue weighted by molar-refractivity contribution is -0.140.